The van der Waals surface area contributed by atoms with Gasteiger partial charge in [0.15, 0.2) is 0 Å². The first kappa shape index (κ1) is 21.4. The molecule has 10 heteroatoms. The number of benzene rings is 1. The molecule has 1 aromatic rings. The Morgan fingerprint density at radius 3 is 2.24 bits per heavy atom. The van der Waals surface area contributed by atoms with Gasteiger partial charge in [0.2, 0.25) is 15.9 Å². The molecule has 2 amide bonds. The molecular weight excluding hydrogens is 414 g/mol. The van der Waals surface area contributed by atoms with Crippen LogP contribution >= 0.6 is 15.9 Å². The van der Waals surface area contributed by atoms with E-state index in [1.165, 1.54) is 12.1 Å². The maximum atomic E-state index is 12.0. The minimum Gasteiger partial charge on any atom is -0.444 e. The van der Waals surface area contributed by atoms with Crippen LogP contribution in [0.1, 0.15) is 20.8 Å². The van der Waals surface area contributed by atoms with E-state index in [1.807, 2.05) is 0 Å². The van der Waals surface area contributed by atoms with Gasteiger partial charge in [0, 0.05) is 17.6 Å². The molecular formula is C15H22BrN3O5S. The van der Waals surface area contributed by atoms with E-state index in [2.05, 4.69) is 31.3 Å². The highest BCUT2D eigenvalue weighted by Gasteiger charge is 2.16. The molecule has 0 aromatic heterocycles. The monoisotopic (exact) mass is 435 g/mol. The first-order chi connectivity index (χ1) is 11.5. The van der Waals surface area contributed by atoms with Crippen molar-refractivity contribution in [1.82, 2.24) is 15.4 Å². The lowest BCUT2D eigenvalue weighted by Gasteiger charge is -2.19. The normalized spacial score (nSPS) is 11.7. The van der Waals surface area contributed by atoms with Crippen LogP contribution in [-0.4, -0.2) is 45.7 Å². The summed E-state index contributed by atoms with van der Waals surface area (Å²) in [4.78, 5) is 23.1. The number of carbonyl (C=O) groups excluding carboxylic acids is 2. The van der Waals surface area contributed by atoms with Crippen LogP contribution in [0.2, 0.25) is 0 Å². The molecule has 0 heterocycles. The molecule has 0 saturated carbocycles. The zero-order chi connectivity index (χ0) is 19.1. The molecule has 0 fully saturated rings. The Balaban J connectivity index is 2.29. The number of carbonyl (C=O) groups is 2. The van der Waals surface area contributed by atoms with Gasteiger partial charge in [-0.2, -0.15) is 0 Å². The van der Waals surface area contributed by atoms with Crippen molar-refractivity contribution in [2.24, 2.45) is 0 Å². The molecule has 0 spiro atoms. The molecule has 8 nitrogen and oxygen atoms in total. The molecule has 0 aliphatic heterocycles. The summed E-state index contributed by atoms with van der Waals surface area (Å²) in [5.41, 5.74) is -0.647. The Hall–Kier alpha value is -1.65. The number of alkyl carbamates (subject to hydrolysis) is 1. The summed E-state index contributed by atoms with van der Waals surface area (Å²) in [6.07, 6.45) is -0.696. The quantitative estimate of drug-likeness (QED) is 0.559. The van der Waals surface area contributed by atoms with Crippen molar-refractivity contribution in [3.8, 4) is 0 Å². The number of hydrogen-bond donors (Lipinski definition) is 3. The zero-order valence-electron chi connectivity index (χ0n) is 14.3. The predicted molar refractivity (Wildman–Crippen MR) is 96.6 cm³/mol. The average Bonchev–Trinajstić information content (AvgIpc) is 2.48. The van der Waals surface area contributed by atoms with Crippen LogP contribution in [0.3, 0.4) is 0 Å². The van der Waals surface area contributed by atoms with Crippen LogP contribution in [0.4, 0.5) is 4.79 Å². The standard InChI is InChI=1S/C15H22BrN3O5S/c1-15(2,3)24-14(21)18-10-13(20)17-8-9-19-25(22,23)12-6-4-11(16)5-7-12/h4-7,19H,8-10H2,1-3H3,(H,17,20)(H,18,21). The zero-order valence-corrected chi connectivity index (χ0v) is 16.7. The van der Waals surface area contributed by atoms with Crippen molar-refractivity contribution in [3.63, 3.8) is 0 Å². The predicted octanol–water partition coefficient (Wildman–Crippen LogP) is 1.37. The summed E-state index contributed by atoms with van der Waals surface area (Å²) in [5.74, 6) is -0.450. The average molecular weight is 436 g/mol. The van der Waals surface area contributed by atoms with Gasteiger partial charge in [-0.05, 0) is 45.0 Å². The highest BCUT2D eigenvalue weighted by molar-refractivity contribution is 9.10. The SMILES string of the molecule is CC(C)(C)OC(=O)NCC(=O)NCCNS(=O)(=O)c1ccc(Br)cc1. The molecule has 140 valence electrons. The molecule has 0 saturated heterocycles. The Morgan fingerprint density at radius 1 is 1.08 bits per heavy atom. The largest absolute Gasteiger partial charge is 0.444 e. The minimum atomic E-state index is -3.63. The van der Waals surface area contributed by atoms with Crippen molar-refractivity contribution in [2.45, 2.75) is 31.3 Å². The second-order valence-electron chi connectivity index (χ2n) is 6.06. The van der Waals surface area contributed by atoms with Gasteiger partial charge < -0.3 is 15.4 Å². The van der Waals surface area contributed by atoms with E-state index in [1.54, 1.807) is 32.9 Å². The molecule has 25 heavy (non-hydrogen) atoms. The van der Waals surface area contributed by atoms with Gasteiger partial charge >= 0.3 is 6.09 Å². The van der Waals surface area contributed by atoms with Crippen LogP contribution in [0.15, 0.2) is 33.6 Å². The van der Waals surface area contributed by atoms with Crippen LogP contribution in [0.25, 0.3) is 0 Å². The lowest BCUT2D eigenvalue weighted by atomic mass is 10.2. The van der Waals surface area contributed by atoms with Crippen molar-refractivity contribution in [1.29, 1.82) is 0 Å². The molecule has 1 rings (SSSR count). The van der Waals surface area contributed by atoms with Crippen molar-refractivity contribution < 1.29 is 22.7 Å². The van der Waals surface area contributed by atoms with Gasteiger partial charge in [0.25, 0.3) is 0 Å². The van der Waals surface area contributed by atoms with E-state index in [4.69, 9.17) is 4.74 Å². The fraction of sp³-hybridized carbons (Fsp3) is 0.467. The summed E-state index contributed by atoms with van der Waals surface area (Å²) in [6.45, 7) is 4.99. The van der Waals surface area contributed by atoms with E-state index in [0.717, 1.165) is 4.47 Å². The van der Waals surface area contributed by atoms with E-state index in [0.29, 0.717) is 0 Å². The Bertz CT molecular complexity index is 699. The summed E-state index contributed by atoms with van der Waals surface area (Å²) in [7, 11) is -3.63. The number of sulfonamides is 1. The van der Waals surface area contributed by atoms with Crippen LogP contribution in [-0.2, 0) is 19.6 Å². The molecule has 0 atom stereocenters. The highest BCUT2D eigenvalue weighted by atomic mass is 79.9. The summed E-state index contributed by atoms with van der Waals surface area (Å²) in [5, 5.41) is 4.80. The highest BCUT2D eigenvalue weighted by Crippen LogP contribution is 2.14. The third kappa shape index (κ3) is 8.84. The molecule has 0 aliphatic rings. The summed E-state index contributed by atoms with van der Waals surface area (Å²) >= 11 is 3.23. The third-order valence-electron chi connectivity index (χ3n) is 2.66. The maximum absolute atomic E-state index is 12.0. The Labute approximate surface area is 155 Å². The number of hydrogen-bond acceptors (Lipinski definition) is 5. The summed E-state index contributed by atoms with van der Waals surface area (Å²) < 4.78 is 32.2. The van der Waals surface area contributed by atoms with E-state index < -0.39 is 27.6 Å². The second-order valence-corrected chi connectivity index (χ2v) is 8.74. The number of rotatable bonds is 7. The van der Waals surface area contributed by atoms with Gasteiger partial charge in [-0.25, -0.2) is 17.9 Å². The fourth-order valence-corrected chi connectivity index (χ4v) is 2.91. The van der Waals surface area contributed by atoms with E-state index >= 15 is 0 Å². The number of amides is 2. The number of ether oxygens (including phenoxy) is 1. The van der Waals surface area contributed by atoms with Gasteiger partial charge in [-0.1, -0.05) is 15.9 Å². The second kappa shape index (κ2) is 9.16. The molecule has 0 bridgehead atoms. The van der Waals surface area contributed by atoms with E-state index in [9.17, 15) is 18.0 Å². The summed E-state index contributed by atoms with van der Waals surface area (Å²) in [6, 6.07) is 6.18. The van der Waals surface area contributed by atoms with Gasteiger partial charge in [0.05, 0.1) is 11.4 Å². The smallest absolute Gasteiger partial charge is 0.408 e. The van der Waals surface area contributed by atoms with Crippen LogP contribution < -0.4 is 15.4 Å². The molecule has 0 radical (unpaired) electrons. The number of halogens is 1. The topological polar surface area (TPSA) is 114 Å². The lowest BCUT2D eigenvalue weighted by molar-refractivity contribution is -0.120. The van der Waals surface area contributed by atoms with Gasteiger partial charge in [0.1, 0.15) is 5.60 Å². The first-order valence-electron chi connectivity index (χ1n) is 7.48. The first-order valence-corrected chi connectivity index (χ1v) is 9.76. The molecule has 1 aromatic carbocycles. The Kier molecular flexibility index (Phi) is 7.84. The minimum absolute atomic E-state index is 0.0244. The van der Waals surface area contributed by atoms with Crippen molar-refractivity contribution >= 4 is 38.0 Å². The van der Waals surface area contributed by atoms with Crippen molar-refractivity contribution in [3.05, 3.63) is 28.7 Å². The van der Waals surface area contributed by atoms with Crippen LogP contribution in [0, 0.1) is 0 Å². The molecule has 0 aliphatic carbocycles. The molecule has 3 N–H and O–H groups in total. The third-order valence-corrected chi connectivity index (χ3v) is 4.66. The number of nitrogens with one attached hydrogen (secondary N) is 3. The van der Waals surface area contributed by atoms with Gasteiger partial charge in [-0.3, -0.25) is 4.79 Å². The van der Waals surface area contributed by atoms with E-state index in [-0.39, 0.29) is 24.5 Å². The Morgan fingerprint density at radius 2 is 1.68 bits per heavy atom. The maximum Gasteiger partial charge on any atom is 0.408 e. The molecule has 0 unspecified atom stereocenters. The van der Waals surface area contributed by atoms with Crippen molar-refractivity contribution in [2.75, 3.05) is 19.6 Å². The van der Waals surface area contributed by atoms with Crippen LogP contribution in [0.5, 0.6) is 0 Å². The lowest BCUT2D eigenvalue weighted by Crippen LogP contribution is -2.41. The van der Waals surface area contributed by atoms with Gasteiger partial charge in [-0.15, -0.1) is 0 Å². The fourth-order valence-electron chi connectivity index (χ4n) is 1.61.